The van der Waals surface area contributed by atoms with Crippen LogP contribution in [-0.2, 0) is 23.6 Å². The third-order valence-corrected chi connectivity index (χ3v) is 5.61. The fraction of sp³-hybridized carbons (Fsp3) is 0.364. The quantitative estimate of drug-likeness (QED) is 0.492. The second-order valence-electron chi connectivity index (χ2n) is 3.93. The highest BCUT2D eigenvalue weighted by atomic mass is 32.2. The van der Waals surface area contributed by atoms with Crippen molar-refractivity contribution in [2.24, 2.45) is 5.10 Å². The van der Waals surface area contributed by atoms with Gasteiger partial charge in [0, 0.05) is 14.2 Å². The first-order chi connectivity index (χ1) is 9.25. The van der Waals surface area contributed by atoms with Crippen LogP contribution in [0.4, 0.5) is 0 Å². The molecule has 7 nitrogen and oxygen atoms in total. The zero-order valence-corrected chi connectivity index (χ0v) is 13.4. The summed E-state index contributed by atoms with van der Waals surface area (Å²) in [6.45, 7) is 3.20. The topological polar surface area (TPSA) is 94.1 Å². The fourth-order valence-electron chi connectivity index (χ4n) is 1.30. The van der Waals surface area contributed by atoms with E-state index in [9.17, 15) is 13.0 Å². The number of hydrazone groups is 1. The molecule has 0 unspecified atom stereocenters. The Morgan fingerprint density at radius 2 is 1.70 bits per heavy atom. The Hall–Kier alpha value is -1.21. The Morgan fingerprint density at radius 1 is 1.20 bits per heavy atom. The van der Waals surface area contributed by atoms with Gasteiger partial charge in [-0.05, 0) is 26.0 Å². The summed E-state index contributed by atoms with van der Waals surface area (Å²) >= 11 is 0. The molecule has 0 radical (unpaired) electrons. The van der Waals surface area contributed by atoms with E-state index in [1.165, 1.54) is 33.3 Å². The molecule has 0 atom stereocenters. The third-order valence-electron chi connectivity index (χ3n) is 2.54. The molecule has 0 aliphatic heterocycles. The zero-order valence-electron chi connectivity index (χ0n) is 11.7. The van der Waals surface area contributed by atoms with Gasteiger partial charge in [-0.3, -0.25) is 4.57 Å². The molecule has 1 aromatic rings. The average Bonchev–Trinajstić information content (AvgIpc) is 2.44. The predicted octanol–water partition coefficient (Wildman–Crippen LogP) is 2.09. The molecule has 1 rings (SSSR count). The van der Waals surface area contributed by atoms with E-state index in [4.69, 9.17) is 9.05 Å². The van der Waals surface area contributed by atoms with Crippen LogP contribution in [-0.4, -0.2) is 28.1 Å². The van der Waals surface area contributed by atoms with Gasteiger partial charge in [0.1, 0.15) is 5.45 Å². The molecule has 1 N–H and O–H groups in total. The first-order valence-electron chi connectivity index (χ1n) is 5.60. The number of hydrogen-bond donors (Lipinski definition) is 1. The number of rotatable bonds is 6. The molecular formula is C11H17N2O5PS. The lowest BCUT2D eigenvalue weighted by atomic mass is 10.2. The Balaban J connectivity index is 2.98. The molecule has 0 aliphatic rings. The maximum absolute atomic E-state index is 12.0. The number of aryl methyl sites for hydroxylation is 1. The molecule has 0 amide bonds. The highest BCUT2D eigenvalue weighted by molar-refractivity contribution is 7.89. The minimum absolute atomic E-state index is 0.0596. The van der Waals surface area contributed by atoms with Gasteiger partial charge in [-0.1, -0.05) is 17.7 Å². The summed E-state index contributed by atoms with van der Waals surface area (Å²) in [6, 6.07) is 6.24. The summed E-state index contributed by atoms with van der Waals surface area (Å²) in [7, 11) is -4.97. The van der Waals surface area contributed by atoms with Crippen LogP contribution in [0.1, 0.15) is 12.5 Å². The lowest BCUT2D eigenvalue weighted by Crippen LogP contribution is -2.20. The molecule has 112 valence electrons. The third kappa shape index (κ3) is 3.89. The highest BCUT2D eigenvalue weighted by Gasteiger charge is 2.26. The van der Waals surface area contributed by atoms with Crippen LogP contribution in [0, 0.1) is 6.92 Å². The van der Waals surface area contributed by atoms with Crippen LogP contribution < -0.4 is 4.83 Å². The number of sulfonamides is 1. The van der Waals surface area contributed by atoms with Crippen molar-refractivity contribution in [2.75, 3.05) is 14.2 Å². The number of hydrogen-bond acceptors (Lipinski definition) is 6. The fourth-order valence-corrected chi connectivity index (χ4v) is 3.07. The van der Waals surface area contributed by atoms with Gasteiger partial charge in [-0.25, -0.2) is 0 Å². The molecular weight excluding hydrogens is 303 g/mol. The first kappa shape index (κ1) is 16.8. The van der Waals surface area contributed by atoms with E-state index in [1.807, 2.05) is 11.8 Å². The van der Waals surface area contributed by atoms with E-state index in [0.29, 0.717) is 0 Å². The Bertz CT molecular complexity index is 631. The van der Waals surface area contributed by atoms with Crippen LogP contribution >= 0.6 is 7.60 Å². The molecule has 0 heterocycles. The van der Waals surface area contributed by atoms with E-state index in [1.54, 1.807) is 12.1 Å². The van der Waals surface area contributed by atoms with Crippen molar-refractivity contribution < 1.29 is 22.0 Å². The summed E-state index contributed by atoms with van der Waals surface area (Å²) in [5.74, 6) is 0. The number of nitrogens with one attached hydrogen (secondary N) is 1. The van der Waals surface area contributed by atoms with E-state index >= 15 is 0 Å². The van der Waals surface area contributed by atoms with Gasteiger partial charge in [0.15, 0.2) is 0 Å². The number of nitrogens with zero attached hydrogens (tertiary/aromatic N) is 1. The Labute approximate surface area is 118 Å². The normalized spacial score (nSPS) is 13.3. The van der Waals surface area contributed by atoms with E-state index in [-0.39, 0.29) is 10.3 Å². The second kappa shape index (κ2) is 6.49. The van der Waals surface area contributed by atoms with Gasteiger partial charge in [0.2, 0.25) is 0 Å². The highest BCUT2D eigenvalue weighted by Crippen LogP contribution is 2.47. The summed E-state index contributed by atoms with van der Waals surface area (Å²) in [5.41, 5.74) is 0.852. The van der Waals surface area contributed by atoms with Crippen molar-refractivity contribution >= 4 is 23.1 Å². The molecule has 0 saturated heterocycles. The molecule has 0 fully saturated rings. The second-order valence-corrected chi connectivity index (χ2v) is 7.96. The standard InChI is InChI=1S/C11H17N2O5PS/c1-9-5-7-11(8-6-9)20(15,16)13-12-10(2)19(14,17-3)18-4/h5-8,13H,1-4H3/b12-10-. The minimum atomic E-state index is -3.82. The van der Waals surface area contributed by atoms with Gasteiger partial charge in [-0.2, -0.15) is 18.4 Å². The first-order valence-corrected chi connectivity index (χ1v) is 8.62. The molecule has 0 aliphatic carbocycles. The van der Waals surface area contributed by atoms with E-state index in [0.717, 1.165) is 5.56 Å². The molecule has 1 aromatic carbocycles. The Morgan fingerprint density at radius 3 is 2.15 bits per heavy atom. The predicted molar refractivity (Wildman–Crippen MR) is 76.2 cm³/mol. The molecule has 20 heavy (non-hydrogen) atoms. The largest absolute Gasteiger partial charge is 0.376 e. The number of benzene rings is 1. The summed E-state index contributed by atoms with van der Waals surface area (Å²) in [5, 5.41) is 3.57. The molecule has 9 heteroatoms. The van der Waals surface area contributed by atoms with Crippen molar-refractivity contribution in [1.82, 2.24) is 4.83 Å². The molecule has 0 spiro atoms. The van der Waals surface area contributed by atoms with E-state index < -0.39 is 17.6 Å². The lowest BCUT2D eigenvalue weighted by molar-refractivity contribution is 0.290. The van der Waals surface area contributed by atoms with E-state index in [2.05, 4.69) is 5.10 Å². The maximum Gasteiger partial charge on any atom is 0.376 e. The van der Waals surface area contributed by atoms with Crippen molar-refractivity contribution in [1.29, 1.82) is 0 Å². The zero-order chi connectivity index (χ0) is 15.4. The SMILES string of the molecule is COP(=O)(OC)/C(C)=N\NS(=O)(=O)c1ccc(C)cc1. The van der Waals surface area contributed by atoms with Crippen molar-refractivity contribution in [3.8, 4) is 0 Å². The van der Waals surface area contributed by atoms with Crippen LogP contribution in [0.25, 0.3) is 0 Å². The van der Waals surface area contributed by atoms with Crippen molar-refractivity contribution in [3.63, 3.8) is 0 Å². The summed E-state index contributed by atoms with van der Waals surface area (Å²) < 4.78 is 45.3. The van der Waals surface area contributed by atoms with Gasteiger partial charge < -0.3 is 9.05 Å². The van der Waals surface area contributed by atoms with Gasteiger partial charge >= 0.3 is 7.60 Å². The Kier molecular flexibility index (Phi) is 5.47. The minimum Gasteiger partial charge on any atom is -0.308 e. The summed E-state index contributed by atoms with van der Waals surface area (Å²) in [6.07, 6.45) is 0. The average molecular weight is 320 g/mol. The lowest BCUT2D eigenvalue weighted by Gasteiger charge is -2.13. The molecule has 0 bridgehead atoms. The van der Waals surface area contributed by atoms with Crippen LogP contribution in [0.5, 0.6) is 0 Å². The van der Waals surface area contributed by atoms with Crippen molar-refractivity contribution in [3.05, 3.63) is 29.8 Å². The monoisotopic (exact) mass is 320 g/mol. The van der Waals surface area contributed by atoms with Crippen LogP contribution in [0.3, 0.4) is 0 Å². The van der Waals surface area contributed by atoms with Gasteiger partial charge in [0.25, 0.3) is 10.0 Å². The van der Waals surface area contributed by atoms with Gasteiger partial charge in [-0.15, -0.1) is 0 Å². The maximum atomic E-state index is 12.0. The molecule has 0 aromatic heterocycles. The molecule has 0 saturated carbocycles. The van der Waals surface area contributed by atoms with Crippen LogP contribution in [0.2, 0.25) is 0 Å². The van der Waals surface area contributed by atoms with Crippen LogP contribution in [0.15, 0.2) is 34.3 Å². The summed E-state index contributed by atoms with van der Waals surface area (Å²) in [4.78, 5) is 2.06. The van der Waals surface area contributed by atoms with Gasteiger partial charge in [0.05, 0.1) is 4.90 Å². The van der Waals surface area contributed by atoms with Crippen molar-refractivity contribution in [2.45, 2.75) is 18.7 Å². The smallest absolute Gasteiger partial charge is 0.308 e.